The smallest absolute Gasteiger partial charge is 0.253 e. The number of nitrogens with zero attached hydrogens (tertiary/aromatic N) is 1. The summed E-state index contributed by atoms with van der Waals surface area (Å²) in [4.78, 5) is 13.8. The van der Waals surface area contributed by atoms with E-state index >= 15 is 0 Å². The largest absolute Gasteiger partial charge is 0.366 e. The van der Waals surface area contributed by atoms with Crippen LogP contribution in [0.4, 0.5) is 0 Å². The quantitative estimate of drug-likeness (QED) is 0.928. The van der Waals surface area contributed by atoms with E-state index < -0.39 is 6.10 Å². The van der Waals surface area contributed by atoms with Gasteiger partial charge >= 0.3 is 0 Å². The number of morpholine rings is 1. The summed E-state index contributed by atoms with van der Waals surface area (Å²) in [6.07, 6.45) is -0.420. The Kier molecular flexibility index (Phi) is 5.05. The fourth-order valence-corrected chi connectivity index (χ4v) is 2.35. The van der Waals surface area contributed by atoms with Crippen LogP contribution in [0.2, 0.25) is 10.0 Å². The Labute approximate surface area is 122 Å². The molecule has 2 rings (SSSR count). The summed E-state index contributed by atoms with van der Waals surface area (Å²) in [6.45, 7) is 2.31. The molecule has 19 heavy (non-hydrogen) atoms. The van der Waals surface area contributed by atoms with E-state index in [-0.39, 0.29) is 5.91 Å². The Morgan fingerprint density at radius 3 is 3.00 bits per heavy atom. The van der Waals surface area contributed by atoms with Crippen LogP contribution in [0.15, 0.2) is 18.2 Å². The third kappa shape index (κ3) is 3.60. The second kappa shape index (κ2) is 6.57. The number of hydrogen-bond donors (Lipinski definition) is 1. The van der Waals surface area contributed by atoms with Gasteiger partial charge in [0.25, 0.3) is 5.91 Å². The molecule has 4 nitrogen and oxygen atoms in total. The summed E-state index contributed by atoms with van der Waals surface area (Å²) in [6, 6.07) is 5.40. The zero-order valence-electron chi connectivity index (χ0n) is 10.7. The first-order valence-electron chi connectivity index (χ1n) is 6.10. The van der Waals surface area contributed by atoms with Crippen molar-refractivity contribution in [3.63, 3.8) is 0 Å². The number of hydrogen-bond acceptors (Lipinski definition) is 3. The molecule has 6 heteroatoms. The molecule has 0 radical (unpaired) electrons. The average Bonchev–Trinajstić information content (AvgIpc) is 2.44. The van der Waals surface area contributed by atoms with Crippen LogP contribution >= 0.6 is 23.2 Å². The Bertz CT molecular complexity index is 462. The first-order chi connectivity index (χ1) is 9.09. The number of benzene rings is 1. The van der Waals surface area contributed by atoms with E-state index in [2.05, 4.69) is 5.32 Å². The molecule has 1 aromatic rings. The molecule has 1 fully saturated rings. The SMILES string of the molecule is CN(Cc1cccc(Cl)c1Cl)C(=O)C1CNCCO1. The van der Waals surface area contributed by atoms with E-state index in [0.29, 0.717) is 29.7 Å². The van der Waals surface area contributed by atoms with E-state index in [1.807, 2.05) is 12.1 Å². The lowest BCUT2D eigenvalue weighted by Crippen LogP contribution is -2.48. The molecule has 1 heterocycles. The van der Waals surface area contributed by atoms with Gasteiger partial charge in [0.15, 0.2) is 0 Å². The molecular weight excluding hydrogens is 287 g/mol. The van der Waals surface area contributed by atoms with Crippen molar-refractivity contribution in [1.29, 1.82) is 0 Å². The van der Waals surface area contributed by atoms with Crippen molar-refractivity contribution in [3.05, 3.63) is 33.8 Å². The first-order valence-corrected chi connectivity index (χ1v) is 6.85. The van der Waals surface area contributed by atoms with Gasteiger partial charge in [-0.1, -0.05) is 35.3 Å². The number of likely N-dealkylation sites (N-methyl/N-ethyl adjacent to an activating group) is 1. The van der Waals surface area contributed by atoms with Crippen LogP contribution in [-0.4, -0.2) is 43.7 Å². The maximum Gasteiger partial charge on any atom is 0.253 e. The average molecular weight is 303 g/mol. The van der Waals surface area contributed by atoms with Gasteiger partial charge in [0.2, 0.25) is 0 Å². The highest BCUT2D eigenvalue weighted by molar-refractivity contribution is 6.42. The fraction of sp³-hybridized carbons (Fsp3) is 0.462. The third-order valence-electron chi connectivity index (χ3n) is 3.02. The minimum atomic E-state index is -0.420. The lowest BCUT2D eigenvalue weighted by molar-refractivity contribution is -0.144. The fourth-order valence-electron chi connectivity index (χ4n) is 1.97. The van der Waals surface area contributed by atoms with Crippen molar-refractivity contribution in [3.8, 4) is 0 Å². The highest BCUT2D eigenvalue weighted by Gasteiger charge is 2.25. The van der Waals surface area contributed by atoms with Gasteiger partial charge in [-0.25, -0.2) is 0 Å². The molecule has 1 aromatic carbocycles. The third-order valence-corrected chi connectivity index (χ3v) is 3.88. The molecule has 1 N–H and O–H groups in total. The zero-order chi connectivity index (χ0) is 13.8. The van der Waals surface area contributed by atoms with Gasteiger partial charge in [-0.15, -0.1) is 0 Å². The number of carbonyl (C=O) groups is 1. The van der Waals surface area contributed by atoms with Crippen molar-refractivity contribution in [2.75, 3.05) is 26.7 Å². The van der Waals surface area contributed by atoms with Crippen LogP contribution in [0, 0.1) is 0 Å². The molecule has 0 bridgehead atoms. The minimum absolute atomic E-state index is 0.0526. The summed E-state index contributed by atoms with van der Waals surface area (Å²) in [5, 5.41) is 4.12. The Hall–Kier alpha value is -0.810. The van der Waals surface area contributed by atoms with E-state index in [0.717, 1.165) is 12.1 Å². The predicted molar refractivity (Wildman–Crippen MR) is 75.5 cm³/mol. The van der Waals surface area contributed by atoms with E-state index in [1.165, 1.54) is 0 Å². The zero-order valence-corrected chi connectivity index (χ0v) is 12.2. The van der Waals surface area contributed by atoms with Crippen LogP contribution in [0.1, 0.15) is 5.56 Å². The predicted octanol–water partition coefficient (Wildman–Crippen LogP) is 1.94. The molecule has 1 saturated heterocycles. The molecule has 1 amide bonds. The normalized spacial score (nSPS) is 19.2. The lowest BCUT2D eigenvalue weighted by atomic mass is 10.2. The highest BCUT2D eigenvalue weighted by atomic mass is 35.5. The number of rotatable bonds is 3. The molecule has 0 spiro atoms. The van der Waals surface area contributed by atoms with Crippen molar-refractivity contribution in [2.45, 2.75) is 12.6 Å². The lowest BCUT2D eigenvalue weighted by Gasteiger charge is -2.27. The molecule has 1 aliphatic heterocycles. The van der Waals surface area contributed by atoms with Crippen LogP contribution in [0.3, 0.4) is 0 Å². The van der Waals surface area contributed by atoms with E-state index in [9.17, 15) is 4.79 Å². The van der Waals surface area contributed by atoms with Crippen LogP contribution < -0.4 is 5.32 Å². The summed E-state index contributed by atoms with van der Waals surface area (Å²) in [5.41, 5.74) is 0.828. The maximum absolute atomic E-state index is 12.2. The number of carbonyl (C=O) groups excluding carboxylic acids is 1. The van der Waals surface area contributed by atoms with Crippen LogP contribution in [0.5, 0.6) is 0 Å². The summed E-state index contributed by atoms with van der Waals surface area (Å²) in [5.74, 6) is -0.0526. The Morgan fingerprint density at radius 2 is 2.32 bits per heavy atom. The molecule has 0 aliphatic carbocycles. The van der Waals surface area contributed by atoms with Crippen molar-refractivity contribution in [2.24, 2.45) is 0 Å². The monoisotopic (exact) mass is 302 g/mol. The van der Waals surface area contributed by atoms with Gasteiger partial charge in [0.05, 0.1) is 16.7 Å². The number of nitrogens with one attached hydrogen (secondary N) is 1. The van der Waals surface area contributed by atoms with Gasteiger partial charge in [-0.05, 0) is 11.6 Å². The molecule has 1 atom stereocenters. The first kappa shape index (κ1) is 14.6. The second-order valence-corrected chi connectivity index (χ2v) is 5.26. The van der Waals surface area contributed by atoms with Gasteiger partial charge in [0, 0.05) is 26.7 Å². The van der Waals surface area contributed by atoms with Crippen molar-refractivity contribution in [1.82, 2.24) is 10.2 Å². The Morgan fingerprint density at radius 1 is 1.53 bits per heavy atom. The maximum atomic E-state index is 12.2. The summed E-state index contributed by atoms with van der Waals surface area (Å²) in [7, 11) is 1.73. The van der Waals surface area contributed by atoms with E-state index in [4.69, 9.17) is 27.9 Å². The number of halogens is 2. The van der Waals surface area contributed by atoms with Gasteiger partial charge in [-0.3, -0.25) is 4.79 Å². The van der Waals surface area contributed by atoms with Crippen LogP contribution in [0.25, 0.3) is 0 Å². The van der Waals surface area contributed by atoms with Crippen molar-refractivity contribution >= 4 is 29.1 Å². The molecule has 104 valence electrons. The molecular formula is C13H16Cl2N2O2. The minimum Gasteiger partial charge on any atom is -0.366 e. The molecule has 0 aromatic heterocycles. The number of amides is 1. The summed E-state index contributed by atoms with van der Waals surface area (Å²) < 4.78 is 5.44. The summed E-state index contributed by atoms with van der Waals surface area (Å²) >= 11 is 12.1. The van der Waals surface area contributed by atoms with Crippen molar-refractivity contribution < 1.29 is 9.53 Å². The molecule has 1 aliphatic rings. The standard InChI is InChI=1S/C13H16Cl2N2O2/c1-17(13(18)11-7-16-5-6-19-11)8-9-3-2-4-10(14)12(9)15/h2-4,11,16H,5-8H2,1H3. The molecule has 0 saturated carbocycles. The van der Waals surface area contributed by atoms with E-state index in [1.54, 1.807) is 18.0 Å². The Balaban J connectivity index is 2.01. The van der Waals surface area contributed by atoms with Gasteiger partial charge in [-0.2, -0.15) is 0 Å². The van der Waals surface area contributed by atoms with Crippen LogP contribution in [-0.2, 0) is 16.1 Å². The highest BCUT2D eigenvalue weighted by Crippen LogP contribution is 2.26. The number of ether oxygens (including phenoxy) is 1. The van der Waals surface area contributed by atoms with Gasteiger partial charge < -0.3 is 15.0 Å². The topological polar surface area (TPSA) is 41.6 Å². The van der Waals surface area contributed by atoms with Gasteiger partial charge in [0.1, 0.15) is 6.10 Å². The second-order valence-electron chi connectivity index (χ2n) is 4.47. The molecule has 1 unspecified atom stereocenters.